The fourth-order valence-electron chi connectivity index (χ4n) is 5.71. The molecule has 43 heavy (non-hydrogen) atoms. The SMILES string of the molecule is CCc1cc(Nc2nc(Nc3ccc4nccnc4c3N(C)SC)c3cc[nH]c3n2)c(OC)cc1N1CCC(N(C)C)C1. The van der Waals surface area contributed by atoms with Crippen molar-refractivity contribution in [3.05, 3.63) is 54.5 Å². The Morgan fingerprint density at radius 2 is 1.91 bits per heavy atom. The summed E-state index contributed by atoms with van der Waals surface area (Å²) in [4.78, 5) is 26.9. The monoisotopic (exact) mass is 598 g/mol. The normalized spacial score (nSPS) is 15.0. The molecule has 0 radical (unpaired) electrons. The molecule has 0 bridgehead atoms. The van der Waals surface area contributed by atoms with Gasteiger partial charge in [-0.1, -0.05) is 18.9 Å². The number of anilines is 6. The van der Waals surface area contributed by atoms with E-state index in [1.54, 1.807) is 31.5 Å². The van der Waals surface area contributed by atoms with Gasteiger partial charge in [0.2, 0.25) is 5.95 Å². The van der Waals surface area contributed by atoms with Crippen LogP contribution in [0.3, 0.4) is 0 Å². The first-order valence-corrected chi connectivity index (χ1v) is 15.6. The Morgan fingerprint density at radius 1 is 1.07 bits per heavy atom. The van der Waals surface area contributed by atoms with Gasteiger partial charge in [0.05, 0.1) is 35.1 Å². The first-order valence-electron chi connectivity index (χ1n) is 14.4. The second-order valence-electron chi connectivity index (χ2n) is 10.8. The van der Waals surface area contributed by atoms with E-state index >= 15 is 0 Å². The minimum absolute atomic E-state index is 0.458. The number of H-pyrrole nitrogens is 1. The standard InChI is InChI=1S/C31H38N10OS/c1-7-19-16-24(26(42-5)17-25(19)41-15-11-20(18-41)39(2)3)36-31-37-29-21(10-12-34-29)30(38-31)35-23-9-8-22-27(33-14-13-32-22)28(23)40(4)43-6/h8-10,12-14,16-17,20H,7,11,15,18H2,1-6H3,(H3,34,35,36,37,38). The zero-order chi connectivity index (χ0) is 30.1. The first-order chi connectivity index (χ1) is 20.9. The van der Waals surface area contributed by atoms with Gasteiger partial charge in [-0.25, -0.2) is 0 Å². The number of nitrogens with one attached hydrogen (secondary N) is 3. The fraction of sp³-hybridized carbons (Fsp3) is 0.355. The molecule has 0 aliphatic carbocycles. The van der Waals surface area contributed by atoms with Crippen LogP contribution in [0, 0.1) is 0 Å². The van der Waals surface area contributed by atoms with Gasteiger partial charge < -0.3 is 34.5 Å². The van der Waals surface area contributed by atoms with Crippen LogP contribution in [0.2, 0.25) is 0 Å². The quantitative estimate of drug-likeness (QED) is 0.169. The van der Waals surface area contributed by atoms with E-state index in [4.69, 9.17) is 14.7 Å². The third kappa shape index (κ3) is 5.59. The predicted octanol–water partition coefficient (Wildman–Crippen LogP) is 5.81. The third-order valence-corrected chi connectivity index (χ3v) is 8.86. The second-order valence-corrected chi connectivity index (χ2v) is 11.8. The van der Waals surface area contributed by atoms with E-state index in [-0.39, 0.29) is 0 Å². The Morgan fingerprint density at radius 3 is 2.65 bits per heavy atom. The van der Waals surface area contributed by atoms with E-state index in [9.17, 15) is 0 Å². The van der Waals surface area contributed by atoms with Crippen molar-refractivity contribution in [2.45, 2.75) is 25.8 Å². The minimum atomic E-state index is 0.458. The molecule has 1 aliphatic heterocycles. The molecule has 6 rings (SSSR count). The molecule has 224 valence electrons. The van der Waals surface area contributed by atoms with Crippen LogP contribution in [0.4, 0.5) is 34.5 Å². The van der Waals surface area contributed by atoms with Gasteiger partial charge >= 0.3 is 0 Å². The number of nitrogens with zero attached hydrogens (tertiary/aromatic N) is 7. The first kappa shape index (κ1) is 28.8. The molecule has 1 fully saturated rings. The molecule has 0 spiro atoms. The Balaban J connectivity index is 1.36. The zero-order valence-electron chi connectivity index (χ0n) is 25.5. The van der Waals surface area contributed by atoms with Crippen molar-refractivity contribution >= 4 is 68.5 Å². The lowest BCUT2D eigenvalue weighted by atomic mass is 10.1. The number of aromatic amines is 1. The zero-order valence-corrected chi connectivity index (χ0v) is 26.3. The lowest BCUT2D eigenvalue weighted by Crippen LogP contribution is -2.31. The summed E-state index contributed by atoms with van der Waals surface area (Å²) in [5.74, 6) is 1.88. The summed E-state index contributed by atoms with van der Waals surface area (Å²) < 4.78 is 7.96. The summed E-state index contributed by atoms with van der Waals surface area (Å²) in [6.45, 7) is 4.22. The molecule has 1 atom stereocenters. The molecule has 4 heterocycles. The number of fused-ring (bicyclic) bond motifs is 2. The molecule has 1 unspecified atom stereocenters. The van der Waals surface area contributed by atoms with E-state index in [0.29, 0.717) is 17.8 Å². The molecule has 0 amide bonds. The molecule has 11 nitrogen and oxygen atoms in total. The maximum Gasteiger partial charge on any atom is 0.231 e. The van der Waals surface area contributed by atoms with Crippen LogP contribution < -0.4 is 24.6 Å². The number of aromatic nitrogens is 5. The Bertz CT molecular complexity index is 1760. The molecule has 1 saturated heterocycles. The number of methoxy groups -OCH3 is 1. The van der Waals surface area contributed by atoms with Gasteiger partial charge in [-0.2, -0.15) is 9.97 Å². The molecule has 12 heteroatoms. The van der Waals surface area contributed by atoms with E-state index < -0.39 is 0 Å². The van der Waals surface area contributed by atoms with Crippen molar-refractivity contribution in [1.29, 1.82) is 0 Å². The van der Waals surface area contributed by atoms with Crippen molar-refractivity contribution in [1.82, 2.24) is 29.8 Å². The highest BCUT2D eigenvalue weighted by Crippen LogP contribution is 2.39. The lowest BCUT2D eigenvalue weighted by molar-refractivity contribution is 0.315. The molecule has 3 aromatic heterocycles. The van der Waals surface area contributed by atoms with Crippen molar-refractivity contribution < 1.29 is 4.74 Å². The van der Waals surface area contributed by atoms with Gasteiger partial charge in [0.15, 0.2) is 0 Å². The topological polar surface area (TPSA) is 110 Å². The average Bonchev–Trinajstić information content (AvgIpc) is 3.71. The highest BCUT2D eigenvalue weighted by atomic mass is 32.2. The fourth-order valence-corrected chi connectivity index (χ4v) is 6.08. The Hall–Kier alpha value is -4.29. The van der Waals surface area contributed by atoms with E-state index in [1.165, 1.54) is 11.3 Å². The summed E-state index contributed by atoms with van der Waals surface area (Å²) in [6.07, 6.45) is 9.38. The van der Waals surface area contributed by atoms with E-state index in [0.717, 1.165) is 70.8 Å². The van der Waals surface area contributed by atoms with Crippen LogP contribution >= 0.6 is 11.9 Å². The summed E-state index contributed by atoms with van der Waals surface area (Å²) >= 11 is 1.60. The maximum absolute atomic E-state index is 5.89. The van der Waals surface area contributed by atoms with Crippen LogP contribution in [0.15, 0.2) is 48.9 Å². The summed E-state index contributed by atoms with van der Waals surface area (Å²) in [5.41, 5.74) is 7.46. The number of likely N-dealkylation sites (N-methyl/N-ethyl adjacent to an activating group) is 1. The van der Waals surface area contributed by atoms with Crippen LogP contribution in [0.25, 0.3) is 22.1 Å². The number of ether oxygens (including phenoxy) is 1. The lowest BCUT2D eigenvalue weighted by Gasteiger charge is -2.25. The molecule has 1 aliphatic rings. The van der Waals surface area contributed by atoms with Crippen LogP contribution in [0.1, 0.15) is 18.9 Å². The molecular formula is C31H38N10OS. The second kappa shape index (κ2) is 12.1. The number of hydrogen-bond acceptors (Lipinski definition) is 11. The molecular weight excluding hydrogens is 560 g/mol. The van der Waals surface area contributed by atoms with Crippen molar-refractivity contribution in [3.63, 3.8) is 0 Å². The number of benzene rings is 2. The van der Waals surface area contributed by atoms with Crippen LogP contribution in [-0.4, -0.2) is 83.5 Å². The maximum atomic E-state index is 5.89. The number of aryl methyl sites for hydroxylation is 1. The van der Waals surface area contributed by atoms with Crippen LogP contribution in [0.5, 0.6) is 5.75 Å². The van der Waals surface area contributed by atoms with Crippen molar-refractivity contribution in [3.8, 4) is 5.75 Å². The summed E-state index contributed by atoms with van der Waals surface area (Å²) in [5, 5.41) is 7.91. The van der Waals surface area contributed by atoms with Crippen LogP contribution in [-0.2, 0) is 6.42 Å². The largest absolute Gasteiger partial charge is 0.494 e. The number of hydrogen-bond donors (Lipinski definition) is 3. The van der Waals surface area contributed by atoms with Gasteiger partial charge in [-0.05, 0) is 56.8 Å². The average molecular weight is 599 g/mol. The van der Waals surface area contributed by atoms with Gasteiger partial charge in [-0.3, -0.25) is 9.97 Å². The van der Waals surface area contributed by atoms with Gasteiger partial charge in [0.25, 0.3) is 0 Å². The molecule has 2 aromatic carbocycles. The Labute approximate surface area is 256 Å². The van der Waals surface area contributed by atoms with Crippen molar-refractivity contribution in [2.75, 3.05) is 67.4 Å². The molecule has 3 N–H and O–H groups in total. The Kier molecular flexibility index (Phi) is 8.13. The number of rotatable bonds is 10. The van der Waals surface area contributed by atoms with Gasteiger partial charge in [-0.15, -0.1) is 0 Å². The predicted molar refractivity (Wildman–Crippen MR) is 179 cm³/mol. The molecule has 0 saturated carbocycles. The highest BCUT2D eigenvalue weighted by Gasteiger charge is 2.26. The third-order valence-electron chi connectivity index (χ3n) is 8.13. The smallest absolute Gasteiger partial charge is 0.231 e. The van der Waals surface area contributed by atoms with Gasteiger partial charge in [0.1, 0.15) is 22.7 Å². The van der Waals surface area contributed by atoms with Gasteiger partial charge in [0, 0.05) is 62.8 Å². The minimum Gasteiger partial charge on any atom is -0.494 e. The summed E-state index contributed by atoms with van der Waals surface area (Å²) in [6, 6.07) is 10.8. The van der Waals surface area contributed by atoms with Crippen molar-refractivity contribution in [2.24, 2.45) is 0 Å². The highest BCUT2D eigenvalue weighted by molar-refractivity contribution is 7.99. The van der Waals surface area contributed by atoms with E-state index in [2.05, 4.69) is 72.8 Å². The van der Waals surface area contributed by atoms with E-state index in [1.807, 2.05) is 37.7 Å². The molecule has 5 aromatic rings. The summed E-state index contributed by atoms with van der Waals surface area (Å²) in [7, 11) is 8.03.